The Bertz CT molecular complexity index is 1830. The molecule has 0 aromatic heterocycles. The number of rotatable bonds is 4. The maximum atomic E-state index is 4.62. The number of hydrogen-bond acceptors (Lipinski definition) is 0. The quantitative estimate of drug-likeness (QED) is 0.214. The number of allylic oxidation sites excluding steroid dienone is 12. The molecular weight excluding hydrogens is 528 g/mol. The SMILES string of the molecule is C=C1/C=C\C=C/C(=C)C(C)(c2cc3ccccc3cc2-c2ccc(-c3ccc(C4CC=CC=C4C)cc3)cc2)C/C=C\CC1. The fourth-order valence-corrected chi connectivity index (χ4v) is 6.57. The molecule has 4 aromatic carbocycles. The van der Waals surface area contributed by atoms with Crippen LogP contribution < -0.4 is 0 Å². The van der Waals surface area contributed by atoms with Crippen LogP contribution in [0.5, 0.6) is 0 Å². The highest BCUT2D eigenvalue weighted by Gasteiger charge is 2.31. The topological polar surface area (TPSA) is 0 Å². The minimum atomic E-state index is -0.272. The lowest BCUT2D eigenvalue weighted by atomic mass is 9.70. The third-order valence-corrected chi connectivity index (χ3v) is 9.51. The van der Waals surface area contributed by atoms with Crippen molar-refractivity contribution >= 4 is 10.8 Å². The maximum absolute atomic E-state index is 4.62. The molecule has 2 aliphatic rings. The van der Waals surface area contributed by atoms with Crippen molar-refractivity contribution in [2.75, 3.05) is 0 Å². The van der Waals surface area contributed by atoms with Crippen molar-refractivity contribution in [1.29, 1.82) is 0 Å². The van der Waals surface area contributed by atoms with Gasteiger partial charge < -0.3 is 0 Å². The first-order valence-corrected chi connectivity index (χ1v) is 15.9. The van der Waals surface area contributed by atoms with E-state index in [1.165, 1.54) is 49.7 Å². The Morgan fingerprint density at radius 1 is 0.705 bits per heavy atom. The summed E-state index contributed by atoms with van der Waals surface area (Å²) in [6.07, 6.45) is 23.7. The molecule has 0 radical (unpaired) electrons. The summed E-state index contributed by atoms with van der Waals surface area (Å²) in [7, 11) is 0. The van der Waals surface area contributed by atoms with Gasteiger partial charge in [0.05, 0.1) is 0 Å². The highest BCUT2D eigenvalue weighted by molar-refractivity contribution is 5.90. The van der Waals surface area contributed by atoms with Crippen LogP contribution in [0.2, 0.25) is 0 Å². The molecule has 6 rings (SSSR count). The van der Waals surface area contributed by atoms with Gasteiger partial charge in [0, 0.05) is 11.3 Å². The molecule has 218 valence electrons. The molecular formula is C44H42. The van der Waals surface area contributed by atoms with E-state index in [9.17, 15) is 0 Å². The van der Waals surface area contributed by atoms with Crippen LogP contribution in [0.4, 0.5) is 0 Å². The molecule has 0 amide bonds. The van der Waals surface area contributed by atoms with Gasteiger partial charge in [0.2, 0.25) is 0 Å². The first kappa shape index (κ1) is 29.4. The molecule has 44 heavy (non-hydrogen) atoms. The molecule has 0 N–H and O–H groups in total. The third-order valence-electron chi connectivity index (χ3n) is 9.51. The van der Waals surface area contributed by atoms with Crippen LogP contribution >= 0.6 is 0 Å². The molecule has 4 aromatic rings. The average molecular weight is 571 g/mol. The van der Waals surface area contributed by atoms with Crippen molar-refractivity contribution in [1.82, 2.24) is 0 Å². The Kier molecular flexibility index (Phi) is 8.62. The summed E-state index contributed by atoms with van der Waals surface area (Å²) >= 11 is 0. The number of benzene rings is 4. The Morgan fingerprint density at radius 2 is 1.36 bits per heavy atom. The van der Waals surface area contributed by atoms with Gasteiger partial charge in [-0.05, 0) is 94.5 Å². The zero-order chi connectivity index (χ0) is 30.5. The maximum Gasteiger partial charge on any atom is 0.0209 e. The Labute approximate surface area is 263 Å². The second kappa shape index (κ2) is 12.9. The van der Waals surface area contributed by atoms with Crippen molar-refractivity contribution < 1.29 is 0 Å². The van der Waals surface area contributed by atoms with Crippen molar-refractivity contribution in [3.05, 3.63) is 181 Å². The van der Waals surface area contributed by atoms with Gasteiger partial charge in [-0.25, -0.2) is 0 Å². The van der Waals surface area contributed by atoms with E-state index in [-0.39, 0.29) is 5.41 Å². The lowest BCUT2D eigenvalue weighted by Gasteiger charge is -2.33. The summed E-state index contributed by atoms with van der Waals surface area (Å²) in [5, 5.41) is 2.51. The van der Waals surface area contributed by atoms with Crippen LogP contribution in [0.3, 0.4) is 0 Å². The van der Waals surface area contributed by atoms with E-state index >= 15 is 0 Å². The normalized spacial score (nSPS) is 23.0. The zero-order valence-corrected chi connectivity index (χ0v) is 26.1. The Balaban J connectivity index is 1.38. The fourth-order valence-electron chi connectivity index (χ4n) is 6.57. The van der Waals surface area contributed by atoms with E-state index in [2.05, 4.69) is 167 Å². The molecule has 2 unspecified atom stereocenters. The van der Waals surface area contributed by atoms with Gasteiger partial charge in [-0.15, -0.1) is 0 Å². The van der Waals surface area contributed by atoms with Gasteiger partial charge in [0.1, 0.15) is 0 Å². The van der Waals surface area contributed by atoms with E-state index < -0.39 is 0 Å². The van der Waals surface area contributed by atoms with E-state index in [1.54, 1.807) is 0 Å². The standard InChI is InChI=1S/C44H42/c1-32-14-6-5-13-29-44(4,34(3)17-9-7-15-32)43-31-40-19-11-10-18-39(40)30-42(43)38-27-23-36(24-28-38)35-21-25-37(26-22-35)41-20-12-8-16-33(41)2/h5,7-13,15-19,21-28,30-31,41H,1,3,6,14,20,29H2,2,4H3/b13-5-,15-7-,17-9-. The van der Waals surface area contributed by atoms with Gasteiger partial charge in [0.15, 0.2) is 0 Å². The minimum absolute atomic E-state index is 0.272. The highest BCUT2D eigenvalue weighted by Crippen LogP contribution is 2.43. The third kappa shape index (κ3) is 6.17. The van der Waals surface area contributed by atoms with Gasteiger partial charge in [-0.2, -0.15) is 0 Å². The second-order valence-corrected chi connectivity index (χ2v) is 12.5. The van der Waals surface area contributed by atoms with Gasteiger partial charge >= 0.3 is 0 Å². The summed E-state index contributed by atoms with van der Waals surface area (Å²) in [5.41, 5.74) is 11.1. The number of hydrogen-bond donors (Lipinski definition) is 0. The van der Waals surface area contributed by atoms with Crippen LogP contribution in [0.15, 0.2) is 169 Å². The monoisotopic (exact) mass is 570 g/mol. The van der Waals surface area contributed by atoms with Crippen LogP contribution in [0, 0.1) is 0 Å². The average Bonchev–Trinajstić information content (AvgIpc) is 3.05. The van der Waals surface area contributed by atoms with E-state index in [0.717, 1.165) is 36.8 Å². The molecule has 0 saturated heterocycles. The van der Waals surface area contributed by atoms with Crippen LogP contribution in [0.1, 0.15) is 56.6 Å². The lowest BCUT2D eigenvalue weighted by molar-refractivity contribution is 0.582. The largest absolute Gasteiger partial charge is 0.0958 e. The molecule has 0 aliphatic heterocycles. The predicted octanol–water partition coefficient (Wildman–Crippen LogP) is 12.4. The molecule has 0 fully saturated rings. The van der Waals surface area contributed by atoms with E-state index in [4.69, 9.17) is 0 Å². The zero-order valence-electron chi connectivity index (χ0n) is 26.1. The second-order valence-electron chi connectivity index (χ2n) is 12.5. The summed E-state index contributed by atoms with van der Waals surface area (Å²) in [5.74, 6) is 0.481. The summed E-state index contributed by atoms with van der Waals surface area (Å²) in [6.45, 7) is 13.4. The van der Waals surface area contributed by atoms with Crippen molar-refractivity contribution in [3.63, 3.8) is 0 Å². The van der Waals surface area contributed by atoms with Crippen molar-refractivity contribution in [3.8, 4) is 22.3 Å². The molecule has 0 nitrogen and oxygen atoms in total. The molecule has 0 heterocycles. The molecule has 0 saturated carbocycles. The Hall–Kier alpha value is -4.68. The molecule has 0 heteroatoms. The molecule has 2 aliphatic carbocycles. The van der Waals surface area contributed by atoms with Crippen molar-refractivity contribution in [2.45, 2.75) is 50.9 Å². The van der Waals surface area contributed by atoms with Crippen LogP contribution in [0.25, 0.3) is 33.0 Å². The van der Waals surface area contributed by atoms with Gasteiger partial charge in [-0.1, -0.05) is 159 Å². The minimum Gasteiger partial charge on any atom is -0.0958 e. The summed E-state index contributed by atoms with van der Waals surface area (Å²) < 4.78 is 0. The van der Waals surface area contributed by atoms with E-state index in [1.807, 2.05) is 0 Å². The van der Waals surface area contributed by atoms with Crippen LogP contribution in [-0.2, 0) is 5.41 Å². The van der Waals surface area contributed by atoms with Crippen molar-refractivity contribution in [2.24, 2.45) is 0 Å². The predicted molar refractivity (Wildman–Crippen MR) is 192 cm³/mol. The molecule has 0 bridgehead atoms. The lowest BCUT2D eigenvalue weighted by Crippen LogP contribution is -2.24. The fraction of sp³-hybridized carbons (Fsp3) is 0.182. The van der Waals surface area contributed by atoms with Gasteiger partial charge in [-0.3, -0.25) is 0 Å². The first-order valence-electron chi connectivity index (χ1n) is 15.9. The Morgan fingerprint density at radius 3 is 2.09 bits per heavy atom. The molecule has 0 spiro atoms. The van der Waals surface area contributed by atoms with Gasteiger partial charge in [0.25, 0.3) is 0 Å². The smallest absolute Gasteiger partial charge is 0.0209 e. The van der Waals surface area contributed by atoms with E-state index in [0.29, 0.717) is 5.92 Å². The number of fused-ring (bicyclic) bond motifs is 1. The summed E-state index contributed by atoms with van der Waals surface area (Å²) in [6, 6.07) is 31.7. The van der Waals surface area contributed by atoms with Crippen LogP contribution in [-0.4, -0.2) is 0 Å². The first-order chi connectivity index (χ1) is 21.4. The summed E-state index contributed by atoms with van der Waals surface area (Å²) in [4.78, 5) is 0. The highest BCUT2D eigenvalue weighted by atomic mass is 14.3. The molecule has 2 atom stereocenters.